The lowest BCUT2D eigenvalue weighted by atomic mass is 9.99. The van der Waals surface area contributed by atoms with Gasteiger partial charge in [0.15, 0.2) is 5.82 Å². The van der Waals surface area contributed by atoms with E-state index in [1.54, 1.807) is 10.9 Å². The molecule has 27 heavy (non-hydrogen) atoms. The molecule has 4 rings (SSSR count). The number of rotatable bonds is 6. The lowest BCUT2D eigenvalue weighted by Gasteiger charge is -2.39. The maximum Gasteiger partial charge on any atom is 0.231 e. The van der Waals surface area contributed by atoms with Crippen molar-refractivity contribution in [2.45, 2.75) is 6.92 Å². The molecule has 0 unspecified atom stereocenters. The smallest absolute Gasteiger partial charge is 0.231 e. The van der Waals surface area contributed by atoms with Crippen molar-refractivity contribution in [3.8, 4) is 11.6 Å². The molecule has 2 aromatic heterocycles. The average molecular weight is 364 g/mol. The summed E-state index contributed by atoms with van der Waals surface area (Å²) < 4.78 is 7.24. The number of benzene rings is 1. The third-order valence-electron chi connectivity index (χ3n) is 4.40. The van der Waals surface area contributed by atoms with Gasteiger partial charge in [0.25, 0.3) is 0 Å². The van der Waals surface area contributed by atoms with Crippen molar-refractivity contribution in [1.82, 2.24) is 19.7 Å². The summed E-state index contributed by atoms with van der Waals surface area (Å²) in [6.45, 7) is 3.69. The Morgan fingerprint density at radius 1 is 1.22 bits per heavy atom. The Labute approximate surface area is 156 Å². The van der Waals surface area contributed by atoms with Crippen molar-refractivity contribution in [2.24, 2.45) is 5.92 Å². The molecule has 0 saturated carbocycles. The van der Waals surface area contributed by atoms with Crippen LogP contribution in [0.5, 0.6) is 5.75 Å². The van der Waals surface area contributed by atoms with Crippen LogP contribution < -0.4 is 15.0 Å². The minimum absolute atomic E-state index is 0.0141. The average Bonchev–Trinajstić information content (AvgIpc) is 3.17. The van der Waals surface area contributed by atoms with Crippen LogP contribution in [0.25, 0.3) is 5.82 Å². The maximum atomic E-state index is 12.5. The number of carbonyl (C=O) groups excluding carboxylic acids is 1. The summed E-state index contributed by atoms with van der Waals surface area (Å²) in [4.78, 5) is 23.1. The van der Waals surface area contributed by atoms with E-state index in [1.165, 1.54) is 6.33 Å². The van der Waals surface area contributed by atoms with Crippen molar-refractivity contribution in [2.75, 3.05) is 29.9 Å². The first-order chi connectivity index (χ1) is 13.2. The molecule has 138 valence electrons. The van der Waals surface area contributed by atoms with Crippen LogP contribution in [0.4, 0.5) is 11.5 Å². The molecule has 1 amide bonds. The van der Waals surface area contributed by atoms with Crippen molar-refractivity contribution in [1.29, 1.82) is 0 Å². The molecule has 1 aliphatic heterocycles. The number of nitrogens with one attached hydrogen (secondary N) is 1. The van der Waals surface area contributed by atoms with Crippen molar-refractivity contribution in [3.63, 3.8) is 0 Å². The number of nitrogens with zero attached hydrogens (tertiary/aromatic N) is 5. The van der Waals surface area contributed by atoms with Gasteiger partial charge >= 0.3 is 0 Å². The maximum absolute atomic E-state index is 12.5. The highest BCUT2D eigenvalue weighted by Gasteiger charge is 2.34. The molecule has 0 atom stereocenters. The summed E-state index contributed by atoms with van der Waals surface area (Å²) in [5.74, 6) is 2.06. The minimum Gasteiger partial charge on any atom is -0.492 e. The summed E-state index contributed by atoms with van der Waals surface area (Å²) in [5.41, 5.74) is 0.700. The van der Waals surface area contributed by atoms with Crippen LogP contribution in [0, 0.1) is 5.92 Å². The molecule has 0 bridgehead atoms. The molecular weight excluding hydrogens is 344 g/mol. The van der Waals surface area contributed by atoms with Crippen LogP contribution in [-0.4, -0.2) is 45.4 Å². The van der Waals surface area contributed by atoms with E-state index < -0.39 is 0 Å². The van der Waals surface area contributed by atoms with Crippen LogP contribution in [0.15, 0.2) is 55.1 Å². The van der Waals surface area contributed by atoms with Crippen LogP contribution in [0.1, 0.15) is 6.92 Å². The van der Waals surface area contributed by atoms with E-state index in [0.29, 0.717) is 37.0 Å². The van der Waals surface area contributed by atoms with E-state index in [4.69, 9.17) is 4.74 Å². The third kappa shape index (κ3) is 3.59. The normalized spacial score (nSPS) is 13.9. The first-order valence-corrected chi connectivity index (χ1v) is 8.84. The predicted molar refractivity (Wildman–Crippen MR) is 101 cm³/mol. The fraction of sp³-hybridized carbons (Fsp3) is 0.263. The molecule has 8 nitrogen and oxygen atoms in total. The van der Waals surface area contributed by atoms with E-state index in [1.807, 2.05) is 54.4 Å². The zero-order valence-electron chi connectivity index (χ0n) is 14.9. The van der Waals surface area contributed by atoms with Gasteiger partial charge in [-0.05, 0) is 25.1 Å². The quantitative estimate of drug-likeness (QED) is 0.721. The molecule has 3 aromatic rings. The largest absolute Gasteiger partial charge is 0.492 e. The fourth-order valence-corrected chi connectivity index (χ4v) is 2.96. The highest BCUT2D eigenvalue weighted by atomic mass is 16.5. The van der Waals surface area contributed by atoms with Gasteiger partial charge in [-0.3, -0.25) is 4.79 Å². The van der Waals surface area contributed by atoms with Gasteiger partial charge in [0, 0.05) is 31.5 Å². The Bertz CT molecular complexity index is 921. The zero-order valence-corrected chi connectivity index (χ0v) is 14.9. The predicted octanol–water partition coefficient (Wildman–Crippen LogP) is 2.14. The van der Waals surface area contributed by atoms with Gasteiger partial charge in [-0.25, -0.2) is 14.6 Å². The van der Waals surface area contributed by atoms with E-state index >= 15 is 0 Å². The van der Waals surface area contributed by atoms with Crippen molar-refractivity contribution >= 4 is 17.4 Å². The first-order valence-electron chi connectivity index (χ1n) is 8.84. The Balaban J connectivity index is 1.38. The second kappa shape index (κ2) is 7.45. The number of hydrogen-bond donors (Lipinski definition) is 1. The monoisotopic (exact) mass is 364 g/mol. The number of anilines is 2. The molecule has 1 aromatic carbocycles. The van der Waals surface area contributed by atoms with Crippen molar-refractivity contribution < 1.29 is 9.53 Å². The SMILES string of the molecule is CCOc1ccccc1NC(=O)C1CN(c2cc(-n3cccn3)ncn2)C1. The summed E-state index contributed by atoms with van der Waals surface area (Å²) in [6, 6.07) is 11.2. The number of carbonyl (C=O) groups is 1. The van der Waals surface area contributed by atoms with Gasteiger partial charge in [-0.15, -0.1) is 0 Å². The Kier molecular flexibility index (Phi) is 4.69. The molecule has 1 fully saturated rings. The van der Waals surface area contributed by atoms with Crippen LogP contribution in [0.2, 0.25) is 0 Å². The summed E-state index contributed by atoms with van der Waals surface area (Å²) >= 11 is 0. The van der Waals surface area contributed by atoms with Gasteiger partial charge in [0.05, 0.1) is 18.2 Å². The summed E-state index contributed by atoms with van der Waals surface area (Å²) in [5, 5.41) is 7.14. The molecule has 0 radical (unpaired) electrons. The Morgan fingerprint density at radius 2 is 2.04 bits per heavy atom. The zero-order chi connectivity index (χ0) is 18.6. The highest BCUT2D eigenvalue weighted by molar-refractivity contribution is 5.95. The van der Waals surface area contributed by atoms with Crippen LogP contribution >= 0.6 is 0 Å². The second-order valence-corrected chi connectivity index (χ2v) is 6.21. The van der Waals surface area contributed by atoms with Gasteiger partial charge in [0.2, 0.25) is 5.91 Å². The molecule has 0 spiro atoms. The van der Waals surface area contributed by atoms with E-state index in [9.17, 15) is 4.79 Å². The molecule has 1 aliphatic rings. The lowest BCUT2D eigenvalue weighted by molar-refractivity contribution is -0.120. The number of ether oxygens (including phenoxy) is 1. The molecule has 3 heterocycles. The highest BCUT2D eigenvalue weighted by Crippen LogP contribution is 2.27. The van der Waals surface area contributed by atoms with Crippen LogP contribution in [-0.2, 0) is 4.79 Å². The summed E-state index contributed by atoms with van der Waals surface area (Å²) in [7, 11) is 0. The molecule has 8 heteroatoms. The Hall–Kier alpha value is -3.42. The van der Waals surface area contributed by atoms with Crippen LogP contribution in [0.3, 0.4) is 0 Å². The summed E-state index contributed by atoms with van der Waals surface area (Å²) in [6.07, 6.45) is 5.04. The van der Waals surface area contributed by atoms with Gasteiger partial charge in [-0.2, -0.15) is 5.10 Å². The first kappa shape index (κ1) is 17.0. The second-order valence-electron chi connectivity index (χ2n) is 6.21. The topological polar surface area (TPSA) is 85.2 Å². The van der Waals surface area contributed by atoms with Gasteiger partial charge < -0.3 is 15.0 Å². The third-order valence-corrected chi connectivity index (χ3v) is 4.40. The minimum atomic E-state index is -0.0946. The van der Waals surface area contributed by atoms with Crippen molar-refractivity contribution in [3.05, 3.63) is 55.1 Å². The standard InChI is InChI=1S/C19H20N6O2/c1-2-27-16-7-4-3-6-15(16)23-19(26)14-11-24(12-14)17-10-18(21-13-20-17)25-9-5-8-22-25/h3-10,13-14H,2,11-12H2,1H3,(H,23,26). The Morgan fingerprint density at radius 3 is 2.81 bits per heavy atom. The number of aromatic nitrogens is 4. The number of amides is 1. The molecule has 1 saturated heterocycles. The molecule has 1 N–H and O–H groups in total. The van der Waals surface area contributed by atoms with Gasteiger partial charge in [-0.1, -0.05) is 12.1 Å². The van der Waals surface area contributed by atoms with E-state index in [-0.39, 0.29) is 11.8 Å². The lowest BCUT2D eigenvalue weighted by Crippen LogP contribution is -2.52. The number of para-hydroxylation sites is 2. The number of hydrogen-bond acceptors (Lipinski definition) is 6. The van der Waals surface area contributed by atoms with E-state index in [0.717, 1.165) is 5.82 Å². The fourth-order valence-electron chi connectivity index (χ4n) is 2.96. The van der Waals surface area contributed by atoms with E-state index in [2.05, 4.69) is 20.4 Å². The van der Waals surface area contributed by atoms with Gasteiger partial charge in [0.1, 0.15) is 17.9 Å². The molecule has 0 aliphatic carbocycles. The molecular formula is C19H20N6O2.